The molecule has 0 aromatic carbocycles. The van der Waals surface area contributed by atoms with Crippen molar-refractivity contribution < 1.29 is 14.3 Å². The van der Waals surface area contributed by atoms with Crippen LogP contribution in [0.5, 0.6) is 0 Å². The monoisotopic (exact) mass is 202 g/mol. The largest absolute Gasteiger partial charge is 0.436 e. The minimum atomic E-state index is -0.776. The number of carbonyl (C=O) groups excluding carboxylic acids is 2. The molecule has 5 nitrogen and oxygen atoms in total. The quantitative estimate of drug-likeness (QED) is 0.690. The van der Waals surface area contributed by atoms with Crippen molar-refractivity contribution in [2.24, 2.45) is 0 Å². The van der Waals surface area contributed by atoms with Crippen LogP contribution < -0.4 is 10.6 Å². The molecule has 0 spiro atoms. The number of nitrogens with one attached hydrogen (secondary N) is 2. The number of likely N-dealkylation sites (N-methyl/N-ethyl adjacent to an activating group) is 1. The van der Waals surface area contributed by atoms with E-state index in [-0.39, 0.29) is 11.4 Å². The molecule has 0 aliphatic carbocycles. The van der Waals surface area contributed by atoms with Gasteiger partial charge in [0.2, 0.25) is 0 Å². The van der Waals surface area contributed by atoms with Crippen LogP contribution in [0.4, 0.5) is 4.79 Å². The smallest absolute Gasteiger partial charge is 0.408 e. The molecule has 2 N–H and O–H groups in total. The Bertz CT molecular complexity index is 221. The summed E-state index contributed by atoms with van der Waals surface area (Å²) in [5.41, 5.74) is -0.362. The molecule has 0 aromatic heterocycles. The summed E-state index contributed by atoms with van der Waals surface area (Å²) in [6.07, 6.45) is -1.36. The van der Waals surface area contributed by atoms with E-state index >= 15 is 0 Å². The van der Waals surface area contributed by atoms with Gasteiger partial charge in [-0.1, -0.05) is 0 Å². The third-order valence-electron chi connectivity index (χ3n) is 1.38. The normalized spacial score (nSPS) is 12.9. The van der Waals surface area contributed by atoms with Crippen LogP contribution in [-0.4, -0.2) is 30.7 Å². The summed E-state index contributed by atoms with van der Waals surface area (Å²) in [4.78, 5) is 22.2. The van der Waals surface area contributed by atoms with Gasteiger partial charge in [-0.15, -0.1) is 0 Å². The summed E-state index contributed by atoms with van der Waals surface area (Å²) in [7, 11) is 1.49. The van der Waals surface area contributed by atoms with Crippen LogP contribution in [0.3, 0.4) is 0 Å². The Morgan fingerprint density at radius 2 is 1.79 bits per heavy atom. The van der Waals surface area contributed by atoms with Crippen LogP contribution in [0.1, 0.15) is 27.7 Å². The highest BCUT2D eigenvalue weighted by atomic mass is 16.6. The molecule has 0 saturated heterocycles. The molecular formula is C9H18N2O3. The van der Waals surface area contributed by atoms with Gasteiger partial charge in [0.25, 0.3) is 5.91 Å². The van der Waals surface area contributed by atoms with Crippen LogP contribution in [0.25, 0.3) is 0 Å². The third-order valence-corrected chi connectivity index (χ3v) is 1.38. The molecule has 0 aromatic rings. The molecule has 0 radical (unpaired) electrons. The van der Waals surface area contributed by atoms with Gasteiger partial charge in [-0.2, -0.15) is 0 Å². The van der Waals surface area contributed by atoms with Crippen LogP contribution in [0, 0.1) is 0 Å². The summed E-state index contributed by atoms with van der Waals surface area (Å²) < 4.78 is 4.82. The number of alkyl carbamates (subject to hydrolysis) is 1. The Balaban J connectivity index is 4.01. The summed E-state index contributed by atoms with van der Waals surface area (Å²) in [5, 5.41) is 4.98. The molecular weight excluding hydrogens is 184 g/mol. The number of carbonyl (C=O) groups is 2. The van der Waals surface area contributed by atoms with E-state index in [4.69, 9.17) is 4.74 Å². The Kier molecular flexibility index (Phi) is 4.40. The van der Waals surface area contributed by atoms with E-state index in [0.29, 0.717) is 0 Å². The Morgan fingerprint density at radius 3 is 2.14 bits per heavy atom. The van der Waals surface area contributed by atoms with Gasteiger partial charge in [-0.05, 0) is 27.7 Å². The van der Waals surface area contributed by atoms with Crippen molar-refractivity contribution in [2.45, 2.75) is 39.3 Å². The standard InChI is InChI=1S/C9H18N2O3/c1-6(7(12)10-5)14-8(13)11-9(2,3)4/h6H,1-5H3,(H,10,12)(H,11,13). The van der Waals surface area contributed by atoms with Crippen molar-refractivity contribution in [1.82, 2.24) is 10.6 Å². The molecule has 0 fully saturated rings. The minimum Gasteiger partial charge on any atom is -0.436 e. The lowest BCUT2D eigenvalue weighted by molar-refractivity contribution is -0.128. The van der Waals surface area contributed by atoms with Crippen molar-refractivity contribution in [3.8, 4) is 0 Å². The fourth-order valence-electron chi connectivity index (χ4n) is 0.753. The molecule has 0 aliphatic rings. The first-order valence-electron chi connectivity index (χ1n) is 4.46. The first kappa shape index (κ1) is 12.7. The second-order valence-corrected chi connectivity index (χ2v) is 4.04. The van der Waals surface area contributed by atoms with Gasteiger partial charge in [-0.25, -0.2) is 4.79 Å². The van der Waals surface area contributed by atoms with Crippen molar-refractivity contribution in [1.29, 1.82) is 0 Å². The molecule has 1 unspecified atom stereocenters. The van der Waals surface area contributed by atoms with Crippen LogP contribution in [0.2, 0.25) is 0 Å². The lowest BCUT2D eigenvalue weighted by atomic mass is 10.1. The van der Waals surface area contributed by atoms with E-state index in [1.54, 1.807) is 0 Å². The molecule has 14 heavy (non-hydrogen) atoms. The summed E-state index contributed by atoms with van der Waals surface area (Å²) in [6.45, 7) is 7.01. The topological polar surface area (TPSA) is 67.4 Å². The van der Waals surface area contributed by atoms with Crippen molar-refractivity contribution >= 4 is 12.0 Å². The Morgan fingerprint density at radius 1 is 1.29 bits per heavy atom. The maximum Gasteiger partial charge on any atom is 0.408 e. The number of hydrogen-bond donors (Lipinski definition) is 2. The molecule has 0 aliphatic heterocycles. The van der Waals surface area contributed by atoms with Crippen molar-refractivity contribution in [3.63, 3.8) is 0 Å². The molecule has 82 valence electrons. The number of ether oxygens (including phenoxy) is 1. The maximum absolute atomic E-state index is 11.2. The molecule has 2 amide bonds. The highest BCUT2D eigenvalue weighted by Crippen LogP contribution is 2.00. The molecule has 0 rings (SSSR count). The lowest BCUT2D eigenvalue weighted by Crippen LogP contribution is -2.44. The zero-order valence-corrected chi connectivity index (χ0v) is 9.30. The van der Waals surface area contributed by atoms with E-state index in [1.165, 1.54) is 14.0 Å². The van der Waals surface area contributed by atoms with Gasteiger partial charge in [0.1, 0.15) is 0 Å². The maximum atomic E-state index is 11.2. The van der Waals surface area contributed by atoms with Crippen LogP contribution >= 0.6 is 0 Å². The average Bonchev–Trinajstić information content (AvgIpc) is 1.99. The number of rotatable bonds is 2. The Labute approximate surface area is 84.2 Å². The summed E-state index contributed by atoms with van der Waals surface area (Å²) in [6, 6.07) is 0. The highest BCUT2D eigenvalue weighted by molar-refractivity contribution is 5.82. The Hall–Kier alpha value is -1.26. The predicted octanol–water partition coefficient (Wildman–Crippen LogP) is 0.646. The zero-order chi connectivity index (χ0) is 11.4. The third kappa shape index (κ3) is 5.40. The van der Waals surface area contributed by atoms with Gasteiger partial charge in [0.15, 0.2) is 6.10 Å². The van der Waals surface area contributed by atoms with E-state index in [9.17, 15) is 9.59 Å². The number of hydrogen-bond acceptors (Lipinski definition) is 3. The summed E-state index contributed by atoms with van der Waals surface area (Å²) in [5.74, 6) is -0.325. The molecule has 0 bridgehead atoms. The average molecular weight is 202 g/mol. The molecule has 0 heterocycles. The molecule has 1 atom stereocenters. The number of amides is 2. The van der Waals surface area contributed by atoms with Gasteiger partial charge in [0, 0.05) is 12.6 Å². The van der Waals surface area contributed by atoms with Crippen molar-refractivity contribution in [2.75, 3.05) is 7.05 Å². The van der Waals surface area contributed by atoms with Gasteiger partial charge in [-0.3, -0.25) is 4.79 Å². The van der Waals surface area contributed by atoms with Crippen molar-refractivity contribution in [3.05, 3.63) is 0 Å². The second-order valence-electron chi connectivity index (χ2n) is 4.04. The summed E-state index contributed by atoms with van der Waals surface area (Å²) >= 11 is 0. The van der Waals surface area contributed by atoms with E-state index in [0.717, 1.165) is 0 Å². The fraction of sp³-hybridized carbons (Fsp3) is 0.778. The van der Waals surface area contributed by atoms with E-state index < -0.39 is 12.2 Å². The molecule has 5 heteroatoms. The highest BCUT2D eigenvalue weighted by Gasteiger charge is 2.19. The lowest BCUT2D eigenvalue weighted by Gasteiger charge is -2.21. The van der Waals surface area contributed by atoms with E-state index in [2.05, 4.69) is 10.6 Å². The first-order valence-corrected chi connectivity index (χ1v) is 4.46. The molecule has 0 saturated carbocycles. The predicted molar refractivity (Wildman–Crippen MR) is 52.9 cm³/mol. The first-order chi connectivity index (χ1) is 6.26. The minimum absolute atomic E-state index is 0.325. The van der Waals surface area contributed by atoms with Crippen LogP contribution in [-0.2, 0) is 9.53 Å². The second kappa shape index (κ2) is 4.83. The van der Waals surface area contributed by atoms with Gasteiger partial charge in [0.05, 0.1) is 0 Å². The SMILES string of the molecule is CNC(=O)C(C)OC(=O)NC(C)(C)C. The van der Waals surface area contributed by atoms with Gasteiger partial charge < -0.3 is 15.4 Å². The fourth-order valence-corrected chi connectivity index (χ4v) is 0.753. The van der Waals surface area contributed by atoms with E-state index in [1.807, 2.05) is 20.8 Å². The van der Waals surface area contributed by atoms with Gasteiger partial charge >= 0.3 is 6.09 Å². The zero-order valence-electron chi connectivity index (χ0n) is 9.30. The van der Waals surface area contributed by atoms with Crippen LogP contribution in [0.15, 0.2) is 0 Å².